The molecule has 0 spiro atoms. The topological polar surface area (TPSA) is 55.8 Å². The fourth-order valence-corrected chi connectivity index (χ4v) is 5.45. The molecule has 0 aromatic carbocycles. The molecule has 2 saturated carbocycles. The maximum atomic E-state index is 15.0. The van der Waals surface area contributed by atoms with Crippen LogP contribution in [0.3, 0.4) is 0 Å². The summed E-state index contributed by atoms with van der Waals surface area (Å²) in [6, 6.07) is 0. The maximum absolute atomic E-state index is 15.0. The first kappa shape index (κ1) is 30.0. The Kier molecular flexibility index (Phi) is 6.46. The highest BCUT2D eigenvalue weighted by Gasteiger charge is 2.97. The Labute approximate surface area is 198 Å². The quantitative estimate of drug-likeness (QED) is 0.343. The summed E-state index contributed by atoms with van der Waals surface area (Å²) in [5.41, 5.74) is -6.14. The molecule has 7 atom stereocenters. The number of fused-ring (bicyclic) bond motifs is 2. The lowest BCUT2D eigenvalue weighted by Crippen LogP contribution is -2.77. The summed E-state index contributed by atoms with van der Waals surface area (Å²) >= 11 is 0. The van der Waals surface area contributed by atoms with E-state index in [-0.39, 0.29) is 24.7 Å². The zero-order chi connectivity index (χ0) is 29.0. The van der Waals surface area contributed by atoms with Crippen molar-refractivity contribution >= 4 is 5.97 Å². The van der Waals surface area contributed by atoms with Crippen molar-refractivity contribution in [2.24, 2.45) is 29.6 Å². The van der Waals surface area contributed by atoms with Gasteiger partial charge in [0.1, 0.15) is 6.61 Å². The van der Waals surface area contributed by atoms with Gasteiger partial charge in [0.25, 0.3) is 5.60 Å². The van der Waals surface area contributed by atoms with Gasteiger partial charge >= 0.3 is 47.8 Å². The van der Waals surface area contributed by atoms with Crippen molar-refractivity contribution in [3.8, 4) is 0 Å². The van der Waals surface area contributed by atoms with Crippen LogP contribution in [0.2, 0.25) is 0 Å². The van der Waals surface area contributed by atoms with Gasteiger partial charge in [-0.15, -0.1) is 0 Å². The fourth-order valence-electron chi connectivity index (χ4n) is 5.45. The van der Waals surface area contributed by atoms with Gasteiger partial charge < -0.3 is 14.6 Å². The summed E-state index contributed by atoms with van der Waals surface area (Å²) in [6.45, 7) is -0.00732. The first-order valence-corrected chi connectivity index (χ1v) is 10.5. The summed E-state index contributed by atoms with van der Waals surface area (Å²) in [5, 5.41) is 9.37. The van der Waals surface area contributed by atoms with Gasteiger partial charge in [-0.1, -0.05) is 13.8 Å². The van der Waals surface area contributed by atoms with E-state index < -0.39 is 77.8 Å². The molecule has 1 aliphatic heterocycles. The lowest BCUT2D eigenvalue weighted by atomic mass is 9.75. The number of carbonyl (C=O) groups excluding carboxylic acids is 1. The van der Waals surface area contributed by atoms with Gasteiger partial charge in [0.2, 0.25) is 0 Å². The second-order valence-corrected chi connectivity index (χ2v) is 9.69. The molecular weight excluding hydrogens is 558 g/mol. The third kappa shape index (κ3) is 3.51. The van der Waals surface area contributed by atoms with Crippen molar-refractivity contribution in [1.29, 1.82) is 0 Å². The highest BCUT2D eigenvalue weighted by molar-refractivity contribution is 5.74. The van der Waals surface area contributed by atoms with Crippen LogP contribution >= 0.6 is 0 Å². The summed E-state index contributed by atoms with van der Waals surface area (Å²) in [5.74, 6) is -42.1. The number of rotatable bonds is 5. The number of halogens is 14. The van der Waals surface area contributed by atoms with E-state index in [2.05, 4.69) is 9.47 Å². The van der Waals surface area contributed by atoms with E-state index in [0.29, 0.717) is 0 Å². The summed E-state index contributed by atoms with van der Waals surface area (Å²) < 4.78 is 200. The van der Waals surface area contributed by atoms with E-state index in [0.717, 1.165) is 0 Å². The van der Waals surface area contributed by atoms with Crippen molar-refractivity contribution in [1.82, 2.24) is 0 Å². The van der Waals surface area contributed by atoms with Gasteiger partial charge in [-0.05, 0) is 36.5 Å². The molecule has 0 radical (unpaired) electrons. The van der Waals surface area contributed by atoms with E-state index in [1.807, 2.05) is 0 Å². The molecule has 2 bridgehead atoms. The standard InChI is InChI=1S/C19H18F14O4/c1-6-7(2)9-3-8(6)4-10(9)11(34)37-12(5-36-17(35,14(12,22)23)19(31,32)33)13(20,21)15(24,25)16(26,27)18(28,29)30/h6-10,35H,3-5H2,1-2H3. The highest BCUT2D eigenvalue weighted by atomic mass is 19.4. The van der Waals surface area contributed by atoms with Gasteiger partial charge in [0, 0.05) is 0 Å². The minimum atomic E-state index is -7.93. The molecule has 3 fully saturated rings. The number of carbonyl (C=O) groups is 1. The predicted molar refractivity (Wildman–Crippen MR) is 89.7 cm³/mol. The highest BCUT2D eigenvalue weighted by Crippen LogP contribution is 2.66. The normalized spacial score (nSPS) is 38.8. The zero-order valence-corrected chi connectivity index (χ0v) is 18.5. The summed E-state index contributed by atoms with van der Waals surface area (Å²) in [4.78, 5) is 12.7. The second kappa shape index (κ2) is 7.97. The van der Waals surface area contributed by atoms with Crippen molar-refractivity contribution in [2.45, 2.75) is 74.1 Å². The lowest BCUT2D eigenvalue weighted by Gasteiger charge is -2.46. The van der Waals surface area contributed by atoms with E-state index in [1.165, 1.54) is 6.92 Å². The zero-order valence-electron chi connectivity index (χ0n) is 18.5. The van der Waals surface area contributed by atoms with Crippen LogP contribution in [0.5, 0.6) is 0 Å². The molecule has 0 amide bonds. The first-order chi connectivity index (χ1) is 16.3. The third-order valence-corrected chi connectivity index (χ3v) is 7.93. The van der Waals surface area contributed by atoms with Gasteiger partial charge in [-0.3, -0.25) is 4.79 Å². The molecule has 1 saturated heterocycles. The average Bonchev–Trinajstić information content (AvgIpc) is 3.34. The Bertz CT molecular complexity index is 929. The Morgan fingerprint density at radius 1 is 0.865 bits per heavy atom. The number of ether oxygens (including phenoxy) is 2. The molecule has 3 rings (SSSR count). The van der Waals surface area contributed by atoms with Gasteiger partial charge in [0.05, 0.1) is 5.92 Å². The van der Waals surface area contributed by atoms with Crippen LogP contribution in [0.4, 0.5) is 61.5 Å². The first-order valence-electron chi connectivity index (χ1n) is 10.5. The molecule has 18 heteroatoms. The van der Waals surface area contributed by atoms with Crippen LogP contribution in [-0.2, 0) is 14.3 Å². The van der Waals surface area contributed by atoms with Gasteiger partial charge in [0.15, 0.2) is 0 Å². The molecule has 0 aromatic heterocycles. The third-order valence-electron chi connectivity index (χ3n) is 7.93. The van der Waals surface area contributed by atoms with E-state index in [9.17, 15) is 71.4 Å². The van der Waals surface area contributed by atoms with Gasteiger partial charge in [-0.2, -0.15) is 61.5 Å². The van der Waals surface area contributed by atoms with Crippen LogP contribution in [0.25, 0.3) is 0 Å². The minimum absolute atomic E-state index is 0.120. The molecule has 7 unspecified atom stereocenters. The fraction of sp³-hybridized carbons (Fsp3) is 0.947. The van der Waals surface area contributed by atoms with E-state index >= 15 is 0 Å². The molecule has 37 heavy (non-hydrogen) atoms. The van der Waals surface area contributed by atoms with Crippen LogP contribution in [0.1, 0.15) is 26.7 Å². The Balaban J connectivity index is 2.18. The SMILES string of the molecule is CC1C2CC(C(=O)OC3(C(F)(F)C(F)(F)C(F)(F)C(F)(F)F)COC(O)(C(F)(F)F)C3(F)F)C(C2)C1C. The lowest BCUT2D eigenvalue weighted by molar-refractivity contribution is -0.445. The number of hydrogen-bond donors (Lipinski definition) is 1. The summed E-state index contributed by atoms with van der Waals surface area (Å²) in [7, 11) is 0. The molecule has 1 N–H and O–H groups in total. The Hall–Kier alpha value is -1.59. The van der Waals surface area contributed by atoms with Crippen molar-refractivity contribution < 1.29 is 80.8 Å². The molecule has 216 valence electrons. The van der Waals surface area contributed by atoms with Gasteiger partial charge in [-0.25, -0.2) is 0 Å². The molecule has 3 aliphatic rings. The maximum Gasteiger partial charge on any atom is 0.460 e. The molecular formula is C19H18F14O4. The molecule has 1 heterocycles. The van der Waals surface area contributed by atoms with Crippen molar-refractivity contribution in [2.75, 3.05) is 6.61 Å². The van der Waals surface area contributed by atoms with Crippen LogP contribution in [-0.4, -0.2) is 65.1 Å². The van der Waals surface area contributed by atoms with E-state index in [4.69, 9.17) is 0 Å². The minimum Gasteiger partial charge on any atom is -0.443 e. The number of hydrogen-bond acceptors (Lipinski definition) is 4. The molecule has 0 aromatic rings. The molecule has 2 aliphatic carbocycles. The average molecular weight is 576 g/mol. The van der Waals surface area contributed by atoms with Crippen LogP contribution < -0.4 is 0 Å². The number of alkyl halides is 14. The Morgan fingerprint density at radius 2 is 1.38 bits per heavy atom. The summed E-state index contributed by atoms with van der Waals surface area (Å²) in [6.07, 6.45) is -14.5. The van der Waals surface area contributed by atoms with Crippen LogP contribution in [0, 0.1) is 29.6 Å². The number of esters is 1. The smallest absolute Gasteiger partial charge is 0.443 e. The van der Waals surface area contributed by atoms with Crippen molar-refractivity contribution in [3.63, 3.8) is 0 Å². The van der Waals surface area contributed by atoms with Crippen LogP contribution in [0.15, 0.2) is 0 Å². The Morgan fingerprint density at radius 3 is 1.76 bits per heavy atom. The monoisotopic (exact) mass is 576 g/mol. The second-order valence-electron chi connectivity index (χ2n) is 9.69. The van der Waals surface area contributed by atoms with Crippen molar-refractivity contribution in [3.05, 3.63) is 0 Å². The largest absolute Gasteiger partial charge is 0.460 e. The molecule has 4 nitrogen and oxygen atoms in total. The predicted octanol–water partition coefficient (Wildman–Crippen LogP) is 5.58. The van der Waals surface area contributed by atoms with E-state index in [1.54, 1.807) is 6.92 Å². The number of aliphatic hydroxyl groups is 1.